The molecule has 0 aliphatic carbocycles. The topological polar surface area (TPSA) is 62.7 Å². The Morgan fingerprint density at radius 1 is 1.63 bits per heavy atom. The van der Waals surface area contributed by atoms with E-state index in [2.05, 4.69) is 22.4 Å². The van der Waals surface area contributed by atoms with Crippen LogP contribution in [0, 0.1) is 4.77 Å². The molecule has 5 nitrogen and oxygen atoms in total. The van der Waals surface area contributed by atoms with E-state index in [9.17, 15) is 4.79 Å². The first kappa shape index (κ1) is 14.0. The van der Waals surface area contributed by atoms with Gasteiger partial charge < -0.3 is 5.32 Å². The van der Waals surface area contributed by atoms with Crippen LogP contribution in [0.25, 0.3) is 10.7 Å². The zero-order valence-electron chi connectivity index (χ0n) is 10.7. The minimum absolute atomic E-state index is 0.0382. The summed E-state index contributed by atoms with van der Waals surface area (Å²) in [6.07, 6.45) is 2.05. The first-order chi connectivity index (χ1) is 9.22. The number of aromatic amines is 1. The van der Waals surface area contributed by atoms with Crippen LogP contribution in [0.4, 0.5) is 0 Å². The molecule has 102 valence electrons. The molecule has 7 heteroatoms. The molecule has 1 amide bonds. The molecule has 2 aromatic rings. The Balaban J connectivity index is 2.10. The fraction of sp³-hybridized carbons (Fsp3) is 0.417. The fourth-order valence-electron chi connectivity index (χ4n) is 1.66. The molecule has 2 N–H and O–H groups in total. The van der Waals surface area contributed by atoms with Crippen molar-refractivity contribution in [3.63, 3.8) is 0 Å². The van der Waals surface area contributed by atoms with E-state index in [0.29, 0.717) is 17.1 Å². The highest BCUT2D eigenvalue weighted by molar-refractivity contribution is 7.71. The van der Waals surface area contributed by atoms with E-state index in [-0.39, 0.29) is 12.5 Å². The van der Waals surface area contributed by atoms with Gasteiger partial charge in [-0.3, -0.25) is 14.5 Å². The fourth-order valence-corrected chi connectivity index (χ4v) is 2.58. The highest BCUT2D eigenvalue weighted by atomic mass is 32.1. The molecule has 0 atom stereocenters. The van der Waals surface area contributed by atoms with Crippen molar-refractivity contribution in [1.29, 1.82) is 0 Å². The molecule has 0 aliphatic heterocycles. The van der Waals surface area contributed by atoms with Crippen LogP contribution >= 0.6 is 23.6 Å². The summed E-state index contributed by atoms with van der Waals surface area (Å²) in [7, 11) is 0. The highest BCUT2D eigenvalue weighted by Crippen LogP contribution is 2.22. The van der Waals surface area contributed by atoms with Gasteiger partial charge in [0.05, 0.1) is 4.88 Å². The maximum atomic E-state index is 11.8. The monoisotopic (exact) mass is 296 g/mol. The van der Waals surface area contributed by atoms with E-state index in [1.54, 1.807) is 15.9 Å². The number of rotatable bonds is 6. The molecular formula is C12H16N4OS2. The molecule has 2 heterocycles. The van der Waals surface area contributed by atoms with Crippen LogP contribution in [-0.4, -0.2) is 27.2 Å². The molecule has 0 bridgehead atoms. The van der Waals surface area contributed by atoms with Crippen molar-refractivity contribution in [3.05, 3.63) is 22.3 Å². The molecule has 0 radical (unpaired) electrons. The van der Waals surface area contributed by atoms with Gasteiger partial charge in [-0.15, -0.1) is 11.3 Å². The van der Waals surface area contributed by atoms with Crippen LogP contribution in [0.15, 0.2) is 17.5 Å². The summed E-state index contributed by atoms with van der Waals surface area (Å²) in [5.74, 6) is 0.675. The van der Waals surface area contributed by atoms with Crippen LogP contribution in [0.5, 0.6) is 0 Å². The van der Waals surface area contributed by atoms with Crippen molar-refractivity contribution < 1.29 is 4.79 Å². The number of H-pyrrole nitrogens is 1. The minimum Gasteiger partial charge on any atom is -0.355 e. The zero-order chi connectivity index (χ0) is 13.7. The first-order valence-corrected chi connectivity index (χ1v) is 7.47. The number of nitrogens with zero attached hydrogens (tertiary/aromatic N) is 2. The van der Waals surface area contributed by atoms with E-state index in [0.717, 1.165) is 17.7 Å². The molecule has 19 heavy (non-hydrogen) atoms. The lowest BCUT2D eigenvalue weighted by Gasteiger charge is -2.06. The lowest BCUT2D eigenvalue weighted by atomic mass is 10.3. The molecule has 0 unspecified atom stereocenters. The van der Waals surface area contributed by atoms with Crippen molar-refractivity contribution in [2.75, 3.05) is 6.54 Å². The molecule has 0 aliphatic rings. The zero-order valence-corrected chi connectivity index (χ0v) is 12.3. The smallest absolute Gasteiger partial charge is 0.240 e. The molecular weight excluding hydrogens is 280 g/mol. The Labute approximate surface area is 120 Å². The molecule has 2 aromatic heterocycles. The molecule has 0 saturated carbocycles. The third kappa shape index (κ3) is 3.51. The summed E-state index contributed by atoms with van der Waals surface area (Å²) in [6, 6.07) is 3.91. The first-order valence-electron chi connectivity index (χ1n) is 6.18. The molecule has 0 saturated heterocycles. The normalized spacial score (nSPS) is 10.6. The van der Waals surface area contributed by atoms with E-state index in [1.165, 1.54) is 0 Å². The van der Waals surface area contributed by atoms with Gasteiger partial charge in [-0.25, -0.2) is 0 Å². The third-order valence-corrected chi connectivity index (χ3v) is 3.83. The summed E-state index contributed by atoms with van der Waals surface area (Å²) in [5.41, 5.74) is 0. The number of hydrogen-bond donors (Lipinski definition) is 2. The van der Waals surface area contributed by atoms with E-state index in [4.69, 9.17) is 12.2 Å². The molecule has 2 rings (SSSR count). The number of amides is 1. The minimum atomic E-state index is -0.0382. The van der Waals surface area contributed by atoms with Gasteiger partial charge in [0.2, 0.25) is 5.91 Å². The SMILES string of the molecule is CCCCNC(=O)Cn1c(-c2cccs2)n[nH]c1=S. The summed E-state index contributed by atoms with van der Waals surface area (Å²) < 4.78 is 2.19. The van der Waals surface area contributed by atoms with Gasteiger partial charge in [0.1, 0.15) is 6.54 Å². The van der Waals surface area contributed by atoms with Crippen LogP contribution in [0.1, 0.15) is 19.8 Å². The number of hydrogen-bond acceptors (Lipinski definition) is 4. The predicted octanol–water partition coefficient (Wildman–Crippen LogP) is 2.59. The van der Waals surface area contributed by atoms with E-state index in [1.807, 2.05) is 17.5 Å². The van der Waals surface area contributed by atoms with Gasteiger partial charge in [0.25, 0.3) is 0 Å². The summed E-state index contributed by atoms with van der Waals surface area (Å²) in [5, 5.41) is 11.8. The van der Waals surface area contributed by atoms with Crippen molar-refractivity contribution in [2.24, 2.45) is 0 Å². The average Bonchev–Trinajstić information content (AvgIpc) is 3.01. The number of thiophene rings is 1. The van der Waals surface area contributed by atoms with Crippen LogP contribution in [0.3, 0.4) is 0 Å². The molecule has 0 fully saturated rings. The van der Waals surface area contributed by atoms with Crippen LogP contribution in [-0.2, 0) is 11.3 Å². The van der Waals surface area contributed by atoms with Gasteiger partial charge in [0.15, 0.2) is 10.6 Å². The van der Waals surface area contributed by atoms with Crippen molar-refractivity contribution in [2.45, 2.75) is 26.3 Å². The molecule has 0 spiro atoms. The predicted molar refractivity (Wildman–Crippen MR) is 78.6 cm³/mol. The maximum Gasteiger partial charge on any atom is 0.240 e. The highest BCUT2D eigenvalue weighted by Gasteiger charge is 2.12. The number of nitrogens with one attached hydrogen (secondary N) is 2. The number of carbonyl (C=O) groups is 1. The second kappa shape index (κ2) is 6.63. The van der Waals surface area contributed by atoms with Gasteiger partial charge in [-0.2, -0.15) is 5.10 Å². The van der Waals surface area contributed by atoms with Crippen molar-refractivity contribution in [1.82, 2.24) is 20.1 Å². The largest absolute Gasteiger partial charge is 0.355 e. The van der Waals surface area contributed by atoms with Gasteiger partial charge >= 0.3 is 0 Å². The maximum absolute atomic E-state index is 11.8. The van der Waals surface area contributed by atoms with Crippen molar-refractivity contribution in [3.8, 4) is 10.7 Å². The van der Waals surface area contributed by atoms with Crippen LogP contribution < -0.4 is 5.32 Å². The Bertz CT molecular complexity index is 585. The number of carbonyl (C=O) groups excluding carboxylic acids is 1. The molecule has 0 aromatic carbocycles. The lowest BCUT2D eigenvalue weighted by molar-refractivity contribution is -0.121. The standard InChI is InChI=1S/C12H16N4OS2/c1-2-3-6-13-10(17)8-16-11(14-15-12(16)18)9-5-4-7-19-9/h4-5,7H,2-3,6,8H2,1H3,(H,13,17)(H,15,18). The van der Waals surface area contributed by atoms with Gasteiger partial charge in [-0.1, -0.05) is 19.4 Å². The Hall–Kier alpha value is -1.47. The second-order valence-electron chi connectivity index (χ2n) is 4.12. The van der Waals surface area contributed by atoms with E-state index >= 15 is 0 Å². The van der Waals surface area contributed by atoms with Gasteiger partial charge in [-0.05, 0) is 30.1 Å². The van der Waals surface area contributed by atoms with Gasteiger partial charge in [0, 0.05) is 6.54 Å². The quantitative estimate of drug-likeness (QED) is 0.636. The Morgan fingerprint density at radius 3 is 3.16 bits per heavy atom. The Kier molecular flexibility index (Phi) is 4.86. The van der Waals surface area contributed by atoms with Crippen LogP contribution in [0.2, 0.25) is 0 Å². The van der Waals surface area contributed by atoms with Crippen molar-refractivity contribution >= 4 is 29.5 Å². The second-order valence-corrected chi connectivity index (χ2v) is 5.45. The summed E-state index contributed by atoms with van der Waals surface area (Å²) in [4.78, 5) is 12.8. The number of aromatic nitrogens is 3. The average molecular weight is 296 g/mol. The summed E-state index contributed by atoms with van der Waals surface area (Å²) in [6.45, 7) is 2.99. The number of unbranched alkanes of at least 4 members (excludes halogenated alkanes) is 1. The lowest BCUT2D eigenvalue weighted by Crippen LogP contribution is -2.28. The third-order valence-electron chi connectivity index (χ3n) is 2.65. The summed E-state index contributed by atoms with van der Waals surface area (Å²) >= 11 is 6.74. The van der Waals surface area contributed by atoms with E-state index < -0.39 is 0 Å². The Morgan fingerprint density at radius 2 is 2.47 bits per heavy atom.